The van der Waals surface area contributed by atoms with E-state index in [-0.39, 0.29) is 11.8 Å². The average Bonchev–Trinajstić information content (AvgIpc) is 3.33. The molecule has 0 bridgehead atoms. The van der Waals surface area contributed by atoms with Gasteiger partial charge >= 0.3 is 0 Å². The number of hydrogen-bond donors (Lipinski definition) is 0. The Morgan fingerprint density at radius 2 is 2.24 bits per heavy atom. The summed E-state index contributed by atoms with van der Waals surface area (Å²) in [5.74, 6) is 2.57. The number of methoxy groups -OCH3 is 1. The minimum absolute atomic E-state index is 0.0703. The summed E-state index contributed by atoms with van der Waals surface area (Å²) in [7, 11) is 1.66. The monoisotopic (exact) mass is 411 g/mol. The zero-order valence-electron chi connectivity index (χ0n) is 17.0. The van der Waals surface area contributed by atoms with E-state index in [1.807, 2.05) is 43.0 Å². The van der Waals surface area contributed by atoms with Crippen LogP contribution in [0, 0.1) is 13.8 Å². The lowest BCUT2D eigenvalue weighted by Gasteiger charge is -2.31. The van der Waals surface area contributed by atoms with Crippen molar-refractivity contribution >= 4 is 17.2 Å². The van der Waals surface area contributed by atoms with Gasteiger partial charge in [-0.05, 0) is 44.4 Å². The molecule has 1 saturated heterocycles. The van der Waals surface area contributed by atoms with Gasteiger partial charge in [-0.2, -0.15) is 0 Å². The number of benzene rings is 1. The molecular formula is C22H25N3O3S. The number of ether oxygens (including phenoxy) is 1. The molecular weight excluding hydrogens is 386 g/mol. The van der Waals surface area contributed by atoms with Crippen molar-refractivity contribution in [2.45, 2.75) is 39.0 Å². The second kappa shape index (κ2) is 8.37. The number of amides is 1. The van der Waals surface area contributed by atoms with Crippen molar-refractivity contribution in [3.63, 3.8) is 0 Å². The number of rotatable bonds is 5. The predicted octanol–water partition coefficient (Wildman–Crippen LogP) is 4.37. The Labute approximate surface area is 174 Å². The molecule has 3 aromatic rings. The summed E-state index contributed by atoms with van der Waals surface area (Å²) in [6.45, 7) is 5.23. The number of thiazole rings is 1. The number of carbonyl (C=O) groups excluding carboxylic acids is 1. The zero-order chi connectivity index (χ0) is 20.4. The van der Waals surface area contributed by atoms with E-state index in [1.54, 1.807) is 13.3 Å². The van der Waals surface area contributed by atoms with Crippen LogP contribution < -0.4 is 4.74 Å². The Morgan fingerprint density at radius 1 is 1.38 bits per heavy atom. The van der Waals surface area contributed by atoms with Gasteiger partial charge in [0.1, 0.15) is 16.4 Å². The third-order valence-electron chi connectivity index (χ3n) is 5.24. The van der Waals surface area contributed by atoms with Crippen molar-refractivity contribution in [2.24, 2.45) is 0 Å². The Balaban J connectivity index is 1.45. The van der Waals surface area contributed by atoms with Gasteiger partial charge in [0.05, 0.1) is 29.9 Å². The Kier molecular flexibility index (Phi) is 5.67. The standard InChI is InChI=1S/C22H25N3O3S/c1-14-20(29-15(2)24-14)22(26)25-9-5-7-17(13-25)21-23-12-19(28-21)11-16-6-4-8-18(10-16)27-3/h4,6,8,10,12,17H,5,7,9,11,13H2,1-3H3. The number of aromatic nitrogens is 2. The maximum absolute atomic E-state index is 13.0. The highest BCUT2D eigenvalue weighted by Gasteiger charge is 2.30. The first kappa shape index (κ1) is 19.6. The highest BCUT2D eigenvalue weighted by Crippen LogP contribution is 2.29. The largest absolute Gasteiger partial charge is 0.497 e. The molecule has 0 aliphatic carbocycles. The zero-order valence-corrected chi connectivity index (χ0v) is 17.8. The Bertz CT molecular complexity index is 1010. The van der Waals surface area contributed by atoms with Crippen molar-refractivity contribution in [1.82, 2.24) is 14.9 Å². The van der Waals surface area contributed by atoms with Gasteiger partial charge in [-0.25, -0.2) is 9.97 Å². The van der Waals surface area contributed by atoms with Crippen LogP contribution in [-0.2, 0) is 6.42 Å². The van der Waals surface area contributed by atoms with Crippen LogP contribution in [0.3, 0.4) is 0 Å². The molecule has 1 aliphatic rings. The minimum atomic E-state index is 0.0703. The fourth-order valence-corrected chi connectivity index (χ4v) is 4.70. The predicted molar refractivity (Wildman–Crippen MR) is 112 cm³/mol. The van der Waals surface area contributed by atoms with Crippen molar-refractivity contribution in [3.05, 3.63) is 63.3 Å². The van der Waals surface area contributed by atoms with E-state index in [0.29, 0.717) is 13.0 Å². The Morgan fingerprint density at radius 3 is 3.00 bits per heavy atom. The number of nitrogens with zero attached hydrogens (tertiary/aromatic N) is 3. The molecule has 1 aromatic carbocycles. The molecule has 0 saturated carbocycles. The van der Waals surface area contributed by atoms with E-state index >= 15 is 0 Å². The molecule has 29 heavy (non-hydrogen) atoms. The van der Waals surface area contributed by atoms with Crippen LogP contribution in [0.2, 0.25) is 0 Å². The summed E-state index contributed by atoms with van der Waals surface area (Å²) in [6, 6.07) is 7.95. The van der Waals surface area contributed by atoms with Crippen LogP contribution in [0.15, 0.2) is 34.9 Å². The van der Waals surface area contributed by atoms with Gasteiger partial charge in [-0.1, -0.05) is 12.1 Å². The topological polar surface area (TPSA) is 68.5 Å². The van der Waals surface area contributed by atoms with Gasteiger partial charge in [0.2, 0.25) is 0 Å². The van der Waals surface area contributed by atoms with E-state index in [0.717, 1.165) is 57.9 Å². The van der Waals surface area contributed by atoms with Gasteiger partial charge in [0.15, 0.2) is 5.89 Å². The number of piperidine rings is 1. The van der Waals surface area contributed by atoms with Crippen LogP contribution in [0.4, 0.5) is 0 Å². The van der Waals surface area contributed by atoms with E-state index in [4.69, 9.17) is 9.15 Å². The second-order valence-electron chi connectivity index (χ2n) is 7.43. The van der Waals surface area contributed by atoms with Crippen molar-refractivity contribution in [3.8, 4) is 5.75 Å². The number of hydrogen-bond acceptors (Lipinski definition) is 6. The summed E-state index contributed by atoms with van der Waals surface area (Å²) < 4.78 is 11.3. The number of carbonyl (C=O) groups is 1. The molecule has 1 aliphatic heterocycles. The number of likely N-dealkylation sites (tertiary alicyclic amines) is 1. The molecule has 1 unspecified atom stereocenters. The van der Waals surface area contributed by atoms with E-state index in [9.17, 15) is 4.79 Å². The molecule has 4 rings (SSSR count). The van der Waals surface area contributed by atoms with Crippen LogP contribution in [0.5, 0.6) is 5.75 Å². The lowest BCUT2D eigenvalue weighted by molar-refractivity contribution is 0.0702. The summed E-state index contributed by atoms with van der Waals surface area (Å²) in [5, 5.41) is 0.925. The number of oxazole rings is 1. The Hall–Kier alpha value is -2.67. The van der Waals surface area contributed by atoms with Crippen molar-refractivity contribution in [2.75, 3.05) is 20.2 Å². The fraction of sp³-hybridized carbons (Fsp3) is 0.409. The molecule has 1 atom stereocenters. The average molecular weight is 412 g/mol. The van der Waals surface area contributed by atoms with E-state index < -0.39 is 0 Å². The summed E-state index contributed by atoms with van der Waals surface area (Å²) in [4.78, 5) is 24.5. The first-order chi connectivity index (χ1) is 14.0. The normalized spacial score (nSPS) is 16.8. The highest BCUT2D eigenvalue weighted by molar-refractivity contribution is 7.13. The summed E-state index contributed by atoms with van der Waals surface area (Å²) >= 11 is 1.47. The molecule has 1 amide bonds. The molecule has 6 nitrogen and oxygen atoms in total. The van der Waals surface area contributed by atoms with Crippen LogP contribution >= 0.6 is 11.3 Å². The molecule has 0 N–H and O–H groups in total. The minimum Gasteiger partial charge on any atom is -0.497 e. The maximum Gasteiger partial charge on any atom is 0.265 e. The van der Waals surface area contributed by atoms with Crippen LogP contribution in [0.25, 0.3) is 0 Å². The second-order valence-corrected chi connectivity index (χ2v) is 8.63. The fourth-order valence-electron chi connectivity index (χ4n) is 3.81. The first-order valence-electron chi connectivity index (χ1n) is 9.84. The van der Waals surface area contributed by atoms with E-state index in [1.165, 1.54) is 11.3 Å². The SMILES string of the molecule is COc1cccc(Cc2cnc(C3CCCN(C(=O)c4sc(C)nc4C)C3)o2)c1. The van der Waals surface area contributed by atoms with Gasteiger partial charge in [-0.15, -0.1) is 11.3 Å². The summed E-state index contributed by atoms with van der Waals surface area (Å²) in [5.41, 5.74) is 1.93. The third kappa shape index (κ3) is 4.34. The van der Waals surface area contributed by atoms with Crippen molar-refractivity contribution in [1.29, 1.82) is 0 Å². The van der Waals surface area contributed by atoms with Gasteiger partial charge in [-0.3, -0.25) is 4.79 Å². The van der Waals surface area contributed by atoms with Crippen LogP contribution in [0.1, 0.15) is 56.3 Å². The molecule has 3 heterocycles. The van der Waals surface area contributed by atoms with Gasteiger partial charge in [0, 0.05) is 19.5 Å². The maximum atomic E-state index is 13.0. The smallest absolute Gasteiger partial charge is 0.265 e. The van der Waals surface area contributed by atoms with Gasteiger partial charge < -0.3 is 14.1 Å². The van der Waals surface area contributed by atoms with Crippen LogP contribution in [-0.4, -0.2) is 41.0 Å². The highest BCUT2D eigenvalue weighted by atomic mass is 32.1. The molecule has 152 valence electrons. The third-order valence-corrected chi connectivity index (χ3v) is 6.30. The van der Waals surface area contributed by atoms with E-state index in [2.05, 4.69) is 9.97 Å². The molecule has 0 spiro atoms. The number of aryl methyl sites for hydroxylation is 2. The summed E-state index contributed by atoms with van der Waals surface area (Å²) in [6.07, 6.45) is 4.38. The lowest BCUT2D eigenvalue weighted by atomic mass is 9.98. The van der Waals surface area contributed by atoms with Crippen molar-refractivity contribution < 1.29 is 13.9 Å². The van der Waals surface area contributed by atoms with Gasteiger partial charge in [0.25, 0.3) is 5.91 Å². The molecule has 1 fully saturated rings. The first-order valence-corrected chi connectivity index (χ1v) is 10.7. The quantitative estimate of drug-likeness (QED) is 0.624. The molecule has 7 heteroatoms. The molecule has 0 radical (unpaired) electrons. The molecule has 2 aromatic heterocycles. The lowest BCUT2D eigenvalue weighted by Crippen LogP contribution is -2.39.